The van der Waals surface area contributed by atoms with Crippen LogP contribution in [0.3, 0.4) is 0 Å². The Balaban J connectivity index is 1.63. The summed E-state index contributed by atoms with van der Waals surface area (Å²) in [4.78, 5) is 24.7. The van der Waals surface area contributed by atoms with E-state index in [4.69, 9.17) is 4.74 Å². The van der Waals surface area contributed by atoms with Crippen molar-refractivity contribution in [2.75, 3.05) is 31.1 Å². The summed E-state index contributed by atoms with van der Waals surface area (Å²) < 4.78 is 33.0. The minimum absolute atomic E-state index is 0.114. The van der Waals surface area contributed by atoms with Crippen LogP contribution in [0, 0.1) is 0 Å². The van der Waals surface area contributed by atoms with Crippen LogP contribution in [-0.4, -0.2) is 70.3 Å². The molecule has 3 aromatic rings. The molecule has 10 nitrogen and oxygen atoms in total. The minimum Gasteiger partial charge on any atom is -0.444 e. The first-order valence-corrected chi connectivity index (χ1v) is 12.2. The molecule has 1 saturated heterocycles. The van der Waals surface area contributed by atoms with E-state index in [1.54, 1.807) is 23.1 Å². The lowest BCUT2D eigenvalue weighted by Gasteiger charge is -2.36. The summed E-state index contributed by atoms with van der Waals surface area (Å²) in [6, 6.07) is 8.06. The van der Waals surface area contributed by atoms with Gasteiger partial charge in [-0.15, -0.1) is 9.19 Å². The number of hydrogen-bond donors (Lipinski definition) is 0. The van der Waals surface area contributed by atoms with Gasteiger partial charge in [0.2, 0.25) is 0 Å². The van der Waals surface area contributed by atoms with Crippen LogP contribution in [0.15, 0.2) is 46.2 Å². The lowest BCUT2D eigenvalue weighted by Crippen LogP contribution is -2.50. The van der Waals surface area contributed by atoms with E-state index in [1.165, 1.54) is 18.5 Å². The molecule has 0 radical (unpaired) electrons. The molecule has 1 aromatic carbocycles. The average Bonchev–Trinajstić information content (AvgIpc) is 3.11. The lowest BCUT2D eigenvalue weighted by atomic mass is 10.2. The fraction of sp³-hybridized carbons (Fsp3) is 0.400. The number of amides is 1. The van der Waals surface area contributed by atoms with Gasteiger partial charge in [0.25, 0.3) is 10.0 Å². The van der Waals surface area contributed by atoms with Crippen molar-refractivity contribution < 1.29 is 17.9 Å². The smallest absolute Gasteiger partial charge is 0.410 e. The van der Waals surface area contributed by atoms with Crippen molar-refractivity contribution in [1.82, 2.24) is 24.1 Å². The fourth-order valence-electron chi connectivity index (χ4n) is 3.40. The average molecular weight is 523 g/mol. The molecule has 4 rings (SSSR count). The summed E-state index contributed by atoms with van der Waals surface area (Å²) in [5.74, 6) is 0.556. The van der Waals surface area contributed by atoms with E-state index in [1.807, 2.05) is 25.7 Å². The second-order valence-electron chi connectivity index (χ2n) is 8.30. The normalized spacial score (nSPS) is 15.2. The maximum absolute atomic E-state index is 13.1. The fourth-order valence-corrected chi connectivity index (χ4v) is 5.28. The van der Waals surface area contributed by atoms with Gasteiger partial charge in [0.05, 0.1) is 10.3 Å². The van der Waals surface area contributed by atoms with Crippen molar-refractivity contribution in [3.05, 3.63) is 41.3 Å². The summed E-state index contributed by atoms with van der Waals surface area (Å²) >= 11 is 3.38. The van der Waals surface area contributed by atoms with Gasteiger partial charge < -0.3 is 14.5 Å². The Morgan fingerprint density at radius 2 is 1.72 bits per heavy atom. The van der Waals surface area contributed by atoms with Crippen LogP contribution >= 0.6 is 15.9 Å². The number of halogens is 1. The predicted octanol–water partition coefficient (Wildman–Crippen LogP) is 2.88. The Morgan fingerprint density at radius 1 is 1.06 bits per heavy atom. The lowest BCUT2D eigenvalue weighted by molar-refractivity contribution is 0.0240. The molecule has 1 aliphatic rings. The first kappa shape index (κ1) is 22.5. The highest BCUT2D eigenvalue weighted by molar-refractivity contribution is 9.10. The number of hydrogen-bond acceptors (Lipinski definition) is 8. The number of nitrogens with zero attached hydrogens (tertiary/aromatic N) is 6. The maximum atomic E-state index is 13.1. The van der Waals surface area contributed by atoms with Crippen LogP contribution in [0.5, 0.6) is 0 Å². The molecule has 32 heavy (non-hydrogen) atoms. The van der Waals surface area contributed by atoms with Crippen LogP contribution in [0.25, 0.3) is 11.0 Å². The molecular formula is C20H23BrN6O4S. The zero-order valence-electron chi connectivity index (χ0n) is 17.9. The van der Waals surface area contributed by atoms with Crippen LogP contribution in [0.4, 0.5) is 10.6 Å². The third-order valence-electron chi connectivity index (χ3n) is 4.87. The van der Waals surface area contributed by atoms with Crippen LogP contribution in [0.2, 0.25) is 0 Å². The van der Waals surface area contributed by atoms with E-state index in [9.17, 15) is 13.2 Å². The number of anilines is 1. The molecule has 1 fully saturated rings. The molecule has 3 heterocycles. The number of benzene rings is 1. The summed E-state index contributed by atoms with van der Waals surface area (Å²) in [5.41, 5.74) is -0.378. The molecule has 12 heteroatoms. The van der Waals surface area contributed by atoms with E-state index in [-0.39, 0.29) is 16.6 Å². The molecule has 0 bridgehead atoms. The maximum Gasteiger partial charge on any atom is 0.410 e. The molecule has 0 spiro atoms. The number of rotatable bonds is 3. The van der Waals surface area contributed by atoms with E-state index >= 15 is 0 Å². The number of fused-ring (bicyclic) bond motifs is 1. The van der Waals surface area contributed by atoms with Crippen molar-refractivity contribution in [2.45, 2.75) is 31.3 Å². The highest BCUT2D eigenvalue weighted by atomic mass is 79.9. The summed E-state index contributed by atoms with van der Waals surface area (Å²) in [6.45, 7) is 7.41. The van der Waals surface area contributed by atoms with Gasteiger partial charge in [0.1, 0.15) is 22.3 Å². The van der Waals surface area contributed by atoms with E-state index in [0.29, 0.717) is 42.0 Å². The molecule has 1 aliphatic heterocycles. The largest absolute Gasteiger partial charge is 0.444 e. The van der Waals surface area contributed by atoms with E-state index in [2.05, 4.69) is 31.0 Å². The molecular weight excluding hydrogens is 500 g/mol. The van der Waals surface area contributed by atoms with Gasteiger partial charge in [-0.25, -0.2) is 14.8 Å². The van der Waals surface area contributed by atoms with Gasteiger partial charge >= 0.3 is 6.09 Å². The third-order valence-corrected chi connectivity index (χ3v) is 7.01. The topological polar surface area (TPSA) is 111 Å². The van der Waals surface area contributed by atoms with Gasteiger partial charge in [0, 0.05) is 26.2 Å². The quantitative estimate of drug-likeness (QED) is 0.516. The number of ether oxygens (including phenoxy) is 1. The van der Waals surface area contributed by atoms with Crippen LogP contribution in [-0.2, 0) is 14.8 Å². The number of piperazine rings is 1. The number of carbonyl (C=O) groups excluding carboxylic acids is 1. The van der Waals surface area contributed by atoms with Crippen LogP contribution < -0.4 is 4.90 Å². The van der Waals surface area contributed by atoms with Crippen molar-refractivity contribution >= 4 is 48.9 Å². The zero-order valence-corrected chi connectivity index (χ0v) is 20.3. The van der Waals surface area contributed by atoms with Gasteiger partial charge in [-0.2, -0.15) is 8.42 Å². The summed E-state index contributed by atoms with van der Waals surface area (Å²) in [7, 11) is -3.93. The van der Waals surface area contributed by atoms with Gasteiger partial charge in [-0.05, 0) is 48.8 Å². The first-order valence-electron chi connectivity index (χ1n) is 10.0. The van der Waals surface area contributed by atoms with Crippen molar-refractivity contribution in [3.63, 3.8) is 0 Å². The van der Waals surface area contributed by atoms with Gasteiger partial charge in [-0.1, -0.05) is 18.2 Å². The molecule has 2 aromatic heterocycles. The van der Waals surface area contributed by atoms with Gasteiger partial charge in [0.15, 0.2) is 5.65 Å². The molecule has 0 aliphatic carbocycles. The van der Waals surface area contributed by atoms with E-state index in [0.717, 1.165) is 4.09 Å². The highest BCUT2D eigenvalue weighted by Gasteiger charge is 2.30. The molecule has 0 N–H and O–H groups in total. The predicted molar refractivity (Wildman–Crippen MR) is 122 cm³/mol. The highest BCUT2D eigenvalue weighted by Crippen LogP contribution is 2.32. The Bertz CT molecular complexity index is 1250. The standard InChI is InChI=1S/C20H23BrN6O4S/c1-20(2,3)31-19(28)26-11-9-25(10-12-26)17-15-16(21)24-27(18(15)23-13-22-17)32(29,30)14-7-5-4-6-8-14/h4-8,13H,9-12H2,1-3H3. The SMILES string of the molecule is CC(C)(C)OC(=O)N1CCN(c2ncnc3c2c(Br)nn3S(=O)(=O)c2ccccc2)CC1. The Morgan fingerprint density at radius 3 is 2.34 bits per heavy atom. The second kappa shape index (κ2) is 8.32. The van der Waals surface area contributed by atoms with Gasteiger partial charge in [-0.3, -0.25) is 0 Å². The molecule has 1 amide bonds. The molecule has 0 unspecified atom stereocenters. The first-order chi connectivity index (χ1) is 15.1. The second-order valence-corrected chi connectivity index (χ2v) is 10.8. The monoisotopic (exact) mass is 522 g/mol. The van der Waals surface area contributed by atoms with Crippen molar-refractivity contribution in [3.8, 4) is 0 Å². The Hall–Kier alpha value is -2.73. The van der Waals surface area contributed by atoms with Crippen LogP contribution in [0.1, 0.15) is 20.8 Å². The summed E-state index contributed by atoms with van der Waals surface area (Å²) in [5, 5.41) is 4.71. The van der Waals surface area contributed by atoms with Crippen molar-refractivity contribution in [2.24, 2.45) is 0 Å². The zero-order chi connectivity index (χ0) is 23.1. The van der Waals surface area contributed by atoms with Crippen molar-refractivity contribution in [1.29, 1.82) is 0 Å². The Kier molecular flexibility index (Phi) is 5.84. The molecule has 170 valence electrons. The molecule has 0 saturated carbocycles. The minimum atomic E-state index is -3.93. The Labute approximate surface area is 194 Å². The third kappa shape index (κ3) is 4.29. The summed E-state index contributed by atoms with van der Waals surface area (Å²) in [6.07, 6.45) is 0.969. The van der Waals surface area contributed by atoms with E-state index < -0.39 is 15.6 Å². The number of carbonyl (C=O) groups is 1. The number of aromatic nitrogens is 4. The molecule has 0 atom stereocenters.